The molecule has 0 aliphatic heterocycles. The van der Waals surface area contributed by atoms with Crippen LogP contribution in [0.1, 0.15) is 48.5 Å². The second kappa shape index (κ2) is 4.07. The normalized spacial score (nSPS) is 48.0. The third-order valence-electron chi connectivity index (χ3n) is 4.90. The van der Waals surface area contributed by atoms with Crippen molar-refractivity contribution in [1.82, 2.24) is 0 Å². The Hall–Kier alpha value is -0.0700. The summed E-state index contributed by atoms with van der Waals surface area (Å²) in [7, 11) is 0. The van der Waals surface area contributed by atoms with E-state index in [1.807, 2.05) is 0 Å². The zero-order valence-corrected chi connectivity index (χ0v) is 11.3. The minimum atomic E-state index is -0.633. The molecule has 0 amide bonds. The summed E-state index contributed by atoms with van der Waals surface area (Å²) in [5, 5.41) is 0. The van der Waals surface area contributed by atoms with Crippen LogP contribution in [0.15, 0.2) is 0 Å². The van der Waals surface area contributed by atoms with Crippen LogP contribution in [0.4, 0.5) is 4.39 Å². The summed E-state index contributed by atoms with van der Waals surface area (Å²) >= 11 is 0. The van der Waals surface area contributed by atoms with Crippen LogP contribution in [-0.2, 0) is 0 Å². The lowest BCUT2D eigenvalue weighted by molar-refractivity contribution is -0.0598. The topological polar surface area (TPSA) is 0 Å². The number of hydrogen-bond donors (Lipinski definition) is 0. The predicted octanol–water partition coefficient (Wildman–Crippen LogP) is 4.54. The van der Waals surface area contributed by atoms with Gasteiger partial charge >= 0.3 is 0 Å². The summed E-state index contributed by atoms with van der Waals surface area (Å²) < 4.78 is 14.4. The standard InChI is InChI=1S/C14H27F/c1-8-9(2)11(4)13(15)12(10(8)3)14(5,6)7/h8-13H,1-7H3. The molecule has 0 nitrogen and oxygen atoms in total. The van der Waals surface area contributed by atoms with Gasteiger partial charge in [0.1, 0.15) is 6.17 Å². The van der Waals surface area contributed by atoms with Gasteiger partial charge in [0.15, 0.2) is 0 Å². The number of alkyl halides is 1. The monoisotopic (exact) mass is 214 g/mol. The third kappa shape index (κ3) is 2.21. The Bertz CT molecular complexity index is 200. The Labute approximate surface area is 94.6 Å². The van der Waals surface area contributed by atoms with E-state index in [9.17, 15) is 4.39 Å². The van der Waals surface area contributed by atoms with Gasteiger partial charge in [-0.2, -0.15) is 0 Å². The van der Waals surface area contributed by atoms with Gasteiger partial charge in [0.05, 0.1) is 0 Å². The maximum atomic E-state index is 14.4. The van der Waals surface area contributed by atoms with Gasteiger partial charge in [-0.1, -0.05) is 48.5 Å². The van der Waals surface area contributed by atoms with E-state index in [0.717, 1.165) is 0 Å². The molecule has 6 unspecified atom stereocenters. The van der Waals surface area contributed by atoms with Crippen LogP contribution in [0.3, 0.4) is 0 Å². The molecule has 1 fully saturated rings. The molecule has 1 aliphatic carbocycles. The van der Waals surface area contributed by atoms with E-state index in [-0.39, 0.29) is 17.3 Å². The second-order valence-electron chi connectivity index (χ2n) is 6.77. The first kappa shape index (κ1) is 13.0. The van der Waals surface area contributed by atoms with Gasteiger partial charge in [0.25, 0.3) is 0 Å². The lowest BCUT2D eigenvalue weighted by Gasteiger charge is -2.50. The molecule has 1 rings (SSSR count). The largest absolute Gasteiger partial charge is 0.247 e. The van der Waals surface area contributed by atoms with E-state index in [1.165, 1.54) is 0 Å². The fourth-order valence-corrected chi connectivity index (χ4v) is 3.46. The van der Waals surface area contributed by atoms with Crippen molar-refractivity contribution in [2.24, 2.45) is 35.0 Å². The lowest BCUT2D eigenvalue weighted by Crippen LogP contribution is -2.48. The van der Waals surface area contributed by atoms with E-state index in [1.54, 1.807) is 0 Å². The maximum Gasteiger partial charge on any atom is 0.106 e. The summed E-state index contributed by atoms with van der Waals surface area (Å²) in [6, 6.07) is 0. The van der Waals surface area contributed by atoms with Crippen molar-refractivity contribution in [2.45, 2.75) is 54.6 Å². The van der Waals surface area contributed by atoms with Crippen molar-refractivity contribution < 1.29 is 4.39 Å². The van der Waals surface area contributed by atoms with Crippen LogP contribution < -0.4 is 0 Å². The van der Waals surface area contributed by atoms with Gasteiger partial charge in [0.2, 0.25) is 0 Å². The molecule has 0 N–H and O–H groups in total. The number of hydrogen-bond acceptors (Lipinski definition) is 0. The molecule has 1 heteroatoms. The molecule has 0 aromatic rings. The lowest BCUT2D eigenvalue weighted by atomic mass is 9.57. The highest BCUT2D eigenvalue weighted by Gasteiger charge is 2.47. The SMILES string of the molecule is CC1C(C)C(C)C(C(C)(C)C)C(F)C1C. The van der Waals surface area contributed by atoms with Gasteiger partial charge in [0, 0.05) is 0 Å². The Kier molecular flexibility index (Phi) is 3.52. The zero-order valence-electron chi connectivity index (χ0n) is 11.3. The van der Waals surface area contributed by atoms with Crippen molar-refractivity contribution in [3.63, 3.8) is 0 Å². The fraction of sp³-hybridized carbons (Fsp3) is 1.00. The van der Waals surface area contributed by atoms with Crippen LogP contribution in [0.5, 0.6) is 0 Å². The molecule has 90 valence electrons. The minimum Gasteiger partial charge on any atom is -0.247 e. The van der Waals surface area contributed by atoms with Crippen molar-refractivity contribution in [3.05, 3.63) is 0 Å². The van der Waals surface area contributed by atoms with Crippen molar-refractivity contribution in [2.75, 3.05) is 0 Å². The maximum absolute atomic E-state index is 14.4. The van der Waals surface area contributed by atoms with Crippen LogP contribution in [0.25, 0.3) is 0 Å². The van der Waals surface area contributed by atoms with Gasteiger partial charge in [-0.15, -0.1) is 0 Å². The summed E-state index contributed by atoms with van der Waals surface area (Å²) in [6.07, 6.45) is -0.633. The fourth-order valence-electron chi connectivity index (χ4n) is 3.46. The van der Waals surface area contributed by atoms with E-state index >= 15 is 0 Å². The second-order valence-corrected chi connectivity index (χ2v) is 6.77. The van der Waals surface area contributed by atoms with Crippen molar-refractivity contribution in [1.29, 1.82) is 0 Å². The molecule has 6 atom stereocenters. The first-order valence-electron chi connectivity index (χ1n) is 6.32. The quantitative estimate of drug-likeness (QED) is 0.555. The minimum absolute atomic E-state index is 0.0848. The van der Waals surface area contributed by atoms with Crippen LogP contribution >= 0.6 is 0 Å². The molecular weight excluding hydrogens is 187 g/mol. The molecule has 1 aliphatic rings. The Balaban J connectivity index is 2.97. The predicted molar refractivity (Wildman–Crippen MR) is 64.5 cm³/mol. The van der Waals surface area contributed by atoms with Gasteiger partial charge in [-0.05, 0) is 35.0 Å². The summed E-state index contributed by atoms with van der Waals surface area (Å²) in [4.78, 5) is 0. The number of rotatable bonds is 0. The van der Waals surface area contributed by atoms with Crippen LogP contribution in [0, 0.1) is 35.0 Å². The molecule has 1 saturated carbocycles. The highest BCUT2D eigenvalue weighted by Crippen LogP contribution is 2.49. The van der Waals surface area contributed by atoms with Gasteiger partial charge in [-0.3, -0.25) is 0 Å². The van der Waals surface area contributed by atoms with E-state index in [4.69, 9.17) is 0 Å². The first-order chi connectivity index (χ1) is 6.68. The number of halogens is 1. The molecule has 0 aromatic carbocycles. The molecule has 0 saturated heterocycles. The van der Waals surface area contributed by atoms with E-state index < -0.39 is 6.17 Å². The van der Waals surface area contributed by atoms with Gasteiger partial charge in [-0.25, -0.2) is 4.39 Å². The molecule has 15 heavy (non-hydrogen) atoms. The summed E-state index contributed by atoms with van der Waals surface area (Å²) in [5.41, 5.74) is 0.0848. The summed E-state index contributed by atoms with van der Waals surface area (Å²) in [6.45, 7) is 15.3. The molecule has 0 spiro atoms. The van der Waals surface area contributed by atoms with E-state index in [2.05, 4.69) is 48.5 Å². The van der Waals surface area contributed by atoms with Crippen molar-refractivity contribution in [3.8, 4) is 0 Å². The smallest absolute Gasteiger partial charge is 0.106 e. The van der Waals surface area contributed by atoms with Crippen LogP contribution in [0.2, 0.25) is 0 Å². The third-order valence-corrected chi connectivity index (χ3v) is 4.90. The molecule has 0 heterocycles. The average Bonchev–Trinajstić information content (AvgIpc) is 2.09. The highest BCUT2D eigenvalue weighted by atomic mass is 19.1. The van der Waals surface area contributed by atoms with Crippen molar-refractivity contribution >= 4 is 0 Å². The zero-order chi connectivity index (χ0) is 12.0. The van der Waals surface area contributed by atoms with E-state index in [0.29, 0.717) is 17.8 Å². The Morgan fingerprint density at radius 1 is 0.733 bits per heavy atom. The Morgan fingerprint density at radius 3 is 1.53 bits per heavy atom. The highest BCUT2D eigenvalue weighted by molar-refractivity contribution is 4.95. The van der Waals surface area contributed by atoms with Gasteiger partial charge < -0.3 is 0 Å². The molecule has 0 aromatic heterocycles. The average molecular weight is 214 g/mol. The molecular formula is C14H27F. The van der Waals surface area contributed by atoms with Crippen LogP contribution in [-0.4, -0.2) is 6.17 Å². The Morgan fingerprint density at radius 2 is 1.13 bits per heavy atom. The first-order valence-corrected chi connectivity index (χ1v) is 6.32. The molecule has 0 radical (unpaired) electrons. The molecule has 0 bridgehead atoms. The summed E-state index contributed by atoms with van der Waals surface area (Å²) in [5.74, 6) is 2.05.